The van der Waals surface area contributed by atoms with Gasteiger partial charge in [-0.25, -0.2) is 0 Å². The smallest absolute Gasteiger partial charge is 0.305 e. The molecule has 0 spiro atoms. The van der Waals surface area contributed by atoms with Gasteiger partial charge in [-0.1, -0.05) is 6.07 Å². The Hall–Kier alpha value is -1.31. The minimum atomic E-state index is -0.121. The molecule has 0 saturated carbocycles. The molecule has 1 aliphatic carbocycles. The Morgan fingerprint density at radius 2 is 2.12 bits per heavy atom. The van der Waals surface area contributed by atoms with Crippen LogP contribution in [0.5, 0.6) is 0 Å². The topological polar surface area (TPSA) is 26.3 Å². The van der Waals surface area contributed by atoms with Gasteiger partial charge in [0.15, 0.2) is 0 Å². The molecule has 2 heteroatoms. The predicted molar refractivity (Wildman–Crippen MR) is 68.3 cm³/mol. The van der Waals surface area contributed by atoms with Crippen LogP contribution < -0.4 is 0 Å². The number of benzene rings is 1. The molecule has 1 aliphatic rings. The number of ether oxygens (including phenoxy) is 1. The lowest BCUT2D eigenvalue weighted by atomic mass is 9.92. The van der Waals surface area contributed by atoms with Crippen LogP contribution >= 0.6 is 0 Å². The summed E-state index contributed by atoms with van der Waals surface area (Å²) in [5, 5.41) is 0. The zero-order valence-corrected chi connectivity index (χ0v) is 10.9. The van der Waals surface area contributed by atoms with Crippen molar-refractivity contribution in [2.75, 3.05) is 7.11 Å². The summed E-state index contributed by atoms with van der Waals surface area (Å²) in [4.78, 5) is 11.2. The fourth-order valence-corrected chi connectivity index (χ4v) is 2.89. The molecule has 0 atom stereocenters. The van der Waals surface area contributed by atoms with E-state index in [-0.39, 0.29) is 5.97 Å². The van der Waals surface area contributed by atoms with Crippen molar-refractivity contribution in [3.63, 3.8) is 0 Å². The second-order valence-corrected chi connectivity index (χ2v) is 4.86. The Morgan fingerprint density at radius 3 is 2.82 bits per heavy atom. The number of rotatable bonds is 3. The van der Waals surface area contributed by atoms with E-state index >= 15 is 0 Å². The largest absolute Gasteiger partial charge is 0.469 e. The van der Waals surface area contributed by atoms with Crippen molar-refractivity contribution < 1.29 is 9.53 Å². The Morgan fingerprint density at radius 1 is 1.35 bits per heavy atom. The molecule has 0 aliphatic heterocycles. The normalized spacial score (nSPS) is 13.6. The molecule has 2 nitrogen and oxygen atoms in total. The summed E-state index contributed by atoms with van der Waals surface area (Å²) in [6.45, 7) is 4.35. The summed E-state index contributed by atoms with van der Waals surface area (Å²) < 4.78 is 4.71. The van der Waals surface area contributed by atoms with Crippen molar-refractivity contribution in [1.29, 1.82) is 0 Å². The Bertz CT molecular complexity index is 447. The summed E-state index contributed by atoms with van der Waals surface area (Å²) in [6.07, 6.45) is 4.98. The minimum Gasteiger partial charge on any atom is -0.469 e. The molecule has 0 amide bonds. The lowest BCUT2D eigenvalue weighted by molar-refractivity contribution is -0.140. The van der Waals surface area contributed by atoms with Crippen LogP contribution in [0.15, 0.2) is 6.07 Å². The van der Waals surface area contributed by atoms with E-state index < -0.39 is 0 Å². The average molecular weight is 232 g/mol. The summed E-state index contributed by atoms with van der Waals surface area (Å²) in [7, 11) is 1.45. The fourth-order valence-electron chi connectivity index (χ4n) is 2.89. The molecule has 0 radical (unpaired) electrons. The van der Waals surface area contributed by atoms with E-state index in [1.165, 1.54) is 54.2 Å². The lowest BCUT2D eigenvalue weighted by Gasteiger charge is -2.14. The van der Waals surface area contributed by atoms with Gasteiger partial charge >= 0.3 is 5.97 Å². The lowest BCUT2D eigenvalue weighted by Crippen LogP contribution is -2.05. The van der Waals surface area contributed by atoms with Gasteiger partial charge in [0.25, 0.3) is 0 Å². The number of carbonyl (C=O) groups excluding carboxylic acids is 1. The molecule has 17 heavy (non-hydrogen) atoms. The van der Waals surface area contributed by atoms with Crippen molar-refractivity contribution in [2.45, 2.75) is 46.0 Å². The van der Waals surface area contributed by atoms with Crippen molar-refractivity contribution in [2.24, 2.45) is 0 Å². The quantitative estimate of drug-likeness (QED) is 0.749. The monoisotopic (exact) mass is 232 g/mol. The zero-order chi connectivity index (χ0) is 12.4. The molecule has 0 heterocycles. The Labute approximate surface area is 103 Å². The van der Waals surface area contributed by atoms with Crippen LogP contribution in [-0.2, 0) is 28.8 Å². The first kappa shape index (κ1) is 12.2. The van der Waals surface area contributed by atoms with E-state index in [0.717, 1.165) is 6.42 Å². The highest BCUT2D eigenvalue weighted by Crippen LogP contribution is 2.30. The highest BCUT2D eigenvalue weighted by atomic mass is 16.5. The van der Waals surface area contributed by atoms with Crippen LogP contribution in [0.4, 0.5) is 0 Å². The van der Waals surface area contributed by atoms with Crippen molar-refractivity contribution >= 4 is 5.97 Å². The third kappa shape index (κ3) is 2.36. The Kier molecular flexibility index (Phi) is 3.51. The minimum absolute atomic E-state index is 0.121. The van der Waals surface area contributed by atoms with Gasteiger partial charge in [0.05, 0.1) is 7.11 Å². The standard InChI is InChI=1S/C15H20O2/c1-10-9-12-5-4-6-14(12)11(2)13(10)7-8-15(16)17-3/h9H,4-8H2,1-3H3. The van der Waals surface area contributed by atoms with Gasteiger partial charge in [-0.3, -0.25) is 4.79 Å². The van der Waals surface area contributed by atoms with Crippen molar-refractivity contribution in [3.05, 3.63) is 33.9 Å². The molecule has 0 saturated heterocycles. The maximum atomic E-state index is 11.2. The van der Waals surface area contributed by atoms with Crippen LogP contribution in [0.2, 0.25) is 0 Å². The predicted octanol–water partition coefficient (Wildman–Crippen LogP) is 2.90. The van der Waals surface area contributed by atoms with E-state index in [1.54, 1.807) is 0 Å². The van der Waals surface area contributed by atoms with Gasteiger partial charge in [0.2, 0.25) is 0 Å². The highest BCUT2D eigenvalue weighted by Gasteiger charge is 2.17. The second-order valence-electron chi connectivity index (χ2n) is 4.86. The first-order valence-corrected chi connectivity index (χ1v) is 6.31. The molecule has 0 unspecified atom stereocenters. The molecule has 0 fully saturated rings. The SMILES string of the molecule is COC(=O)CCc1c(C)cc2c(c1C)CCC2. The summed E-state index contributed by atoms with van der Waals surface area (Å²) in [5.41, 5.74) is 7.11. The Balaban J connectivity index is 2.25. The van der Waals surface area contributed by atoms with E-state index in [0.29, 0.717) is 6.42 Å². The number of aryl methyl sites for hydroxylation is 2. The van der Waals surface area contributed by atoms with E-state index in [4.69, 9.17) is 4.74 Å². The molecule has 1 aromatic carbocycles. The van der Waals surface area contributed by atoms with Crippen LogP contribution in [-0.4, -0.2) is 13.1 Å². The number of hydrogen-bond acceptors (Lipinski definition) is 2. The fraction of sp³-hybridized carbons (Fsp3) is 0.533. The summed E-state index contributed by atoms with van der Waals surface area (Å²) in [5.74, 6) is -0.121. The van der Waals surface area contributed by atoms with Gasteiger partial charge in [0.1, 0.15) is 0 Å². The number of carbonyl (C=O) groups is 1. The van der Waals surface area contributed by atoms with Gasteiger partial charge in [-0.15, -0.1) is 0 Å². The van der Waals surface area contributed by atoms with Crippen molar-refractivity contribution in [1.82, 2.24) is 0 Å². The highest BCUT2D eigenvalue weighted by molar-refractivity contribution is 5.69. The van der Waals surface area contributed by atoms with Crippen LogP contribution in [0.3, 0.4) is 0 Å². The number of methoxy groups -OCH3 is 1. The maximum Gasteiger partial charge on any atom is 0.305 e. The maximum absolute atomic E-state index is 11.2. The van der Waals surface area contributed by atoms with Crippen LogP contribution in [0.1, 0.15) is 40.7 Å². The van der Waals surface area contributed by atoms with E-state index in [2.05, 4.69) is 19.9 Å². The molecule has 0 N–H and O–H groups in total. The number of esters is 1. The van der Waals surface area contributed by atoms with Crippen molar-refractivity contribution in [3.8, 4) is 0 Å². The molecule has 92 valence electrons. The average Bonchev–Trinajstić information content (AvgIpc) is 2.76. The molecule has 2 rings (SSSR count). The van der Waals surface area contributed by atoms with Crippen LogP contribution in [0, 0.1) is 13.8 Å². The van der Waals surface area contributed by atoms with Gasteiger partial charge < -0.3 is 4.74 Å². The van der Waals surface area contributed by atoms with E-state index in [9.17, 15) is 4.79 Å². The number of fused-ring (bicyclic) bond motifs is 1. The third-order valence-corrected chi connectivity index (χ3v) is 3.84. The molecular weight excluding hydrogens is 212 g/mol. The molecular formula is C15H20O2. The van der Waals surface area contributed by atoms with Gasteiger partial charge in [-0.05, 0) is 67.3 Å². The molecule has 0 aromatic heterocycles. The third-order valence-electron chi connectivity index (χ3n) is 3.84. The van der Waals surface area contributed by atoms with E-state index in [1.807, 2.05) is 0 Å². The van der Waals surface area contributed by atoms with Gasteiger partial charge in [-0.2, -0.15) is 0 Å². The summed E-state index contributed by atoms with van der Waals surface area (Å²) >= 11 is 0. The molecule has 1 aromatic rings. The van der Waals surface area contributed by atoms with Gasteiger partial charge in [0, 0.05) is 6.42 Å². The number of hydrogen-bond donors (Lipinski definition) is 0. The van der Waals surface area contributed by atoms with Crippen LogP contribution in [0.25, 0.3) is 0 Å². The summed E-state index contributed by atoms with van der Waals surface area (Å²) in [6, 6.07) is 2.31. The molecule has 0 bridgehead atoms. The first-order valence-electron chi connectivity index (χ1n) is 6.31. The first-order chi connectivity index (χ1) is 8.13. The zero-order valence-electron chi connectivity index (χ0n) is 10.9. The second kappa shape index (κ2) is 4.91.